The second-order valence-electron chi connectivity index (χ2n) is 5.50. The normalized spacial score (nSPS) is 10.7. The fourth-order valence-electron chi connectivity index (χ4n) is 2.55. The number of carbonyl (C=O) groups is 1. The summed E-state index contributed by atoms with van der Waals surface area (Å²) in [6.45, 7) is 4.23. The van der Waals surface area contributed by atoms with E-state index in [4.69, 9.17) is 0 Å². The highest BCUT2D eigenvalue weighted by atomic mass is 32.1. The monoisotopic (exact) mass is 322 g/mol. The van der Waals surface area contributed by atoms with Crippen LogP contribution >= 0.6 is 11.3 Å². The van der Waals surface area contributed by atoms with Crippen LogP contribution in [-0.2, 0) is 12.8 Å². The topological polar surface area (TPSA) is 42.9 Å². The summed E-state index contributed by atoms with van der Waals surface area (Å²) in [5.74, 6) is -0.00717. The summed E-state index contributed by atoms with van der Waals surface area (Å²) in [5.41, 5.74) is 4.37. The molecule has 0 aliphatic heterocycles. The van der Waals surface area contributed by atoms with Gasteiger partial charge in [0.05, 0.1) is 10.4 Å². The third-order valence-electron chi connectivity index (χ3n) is 3.86. The van der Waals surface area contributed by atoms with E-state index < -0.39 is 0 Å². The molecule has 0 saturated heterocycles. The molecule has 0 amide bonds. The molecule has 2 aromatic heterocycles. The molecule has 3 nitrogen and oxygen atoms in total. The number of aromatic nitrogens is 2. The van der Waals surface area contributed by atoms with Crippen LogP contribution in [0.1, 0.15) is 43.7 Å². The molecule has 0 atom stereocenters. The van der Waals surface area contributed by atoms with E-state index in [2.05, 4.69) is 48.1 Å². The van der Waals surface area contributed by atoms with Crippen molar-refractivity contribution < 1.29 is 4.79 Å². The largest absolute Gasteiger partial charge is 0.288 e. The predicted octanol–water partition coefficient (Wildman–Crippen LogP) is 4.23. The second kappa shape index (κ2) is 6.84. The molecule has 3 aromatic rings. The van der Waals surface area contributed by atoms with Crippen LogP contribution in [0.2, 0.25) is 0 Å². The van der Waals surface area contributed by atoms with Gasteiger partial charge < -0.3 is 0 Å². The van der Waals surface area contributed by atoms with E-state index in [9.17, 15) is 4.79 Å². The molecule has 0 spiro atoms. The summed E-state index contributed by atoms with van der Waals surface area (Å²) in [7, 11) is 0. The summed E-state index contributed by atoms with van der Waals surface area (Å²) < 4.78 is 0. The molecule has 0 N–H and O–H groups in total. The van der Waals surface area contributed by atoms with Gasteiger partial charge in [-0.3, -0.25) is 4.79 Å². The molecule has 1 aromatic carbocycles. The first kappa shape index (κ1) is 15.6. The van der Waals surface area contributed by atoms with Crippen molar-refractivity contribution in [1.82, 2.24) is 9.97 Å². The number of rotatable bonds is 5. The number of hydrogen-bond donors (Lipinski definition) is 0. The molecule has 0 fully saturated rings. The molecule has 116 valence electrons. The highest BCUT2D eigenvalue weighted by molar-refractivity contribution is 7.14. The minimum atomic E-state index is -0.00717. The lowest BCUT2D eigenvalue weighted by Crippen LogP contribution is -1.99. The fraction of sp³-hybridized carbons (Fsp3) is 0.211. The van der Waals surface area contributed by atoms with Crippen LogP contribution in [0.5, 0.6) is 0 Å². The van der Waals surface area contributed by atoms with Crippen molar-refractivity contribution in [3.8, 4) is 0 Å². The third kappa shape index (κ3) is 3.54. The van der Waals surface area contributed by atoms with Gasteiger partial charge in [-0.25, -0.2) is 9.97 Å². The number of nitrogens with zero attached hydrogens (tertiary/aromatic N) is 2. The Balaban J connectivity index is 1.85. The molecule has 23 heavy (non-hydrogen) atoms. The summed E-state index contributed by atoms with van der Waals surface area (Å²) in [6.07, 6.45) is 6.45. The van der Waals surface area contributed by atoms with Crippen molar-refractivity contribution in [3.05, 3.63) is 81.1 Å². The van der Waals surface area contributed by atoms with Gasteiger partial charge in [0.15, 0.2) is 0 Å². The van der Waals surface area contributed by atoms with Gasteiger partial charge in [-0.2, -0.15) is 0 Å². The highest BCUT2D eigenvalue weighted by Gasteiger charge is 2.15. The van der Waals surface area contributed by atoms with Gasteiger partial charge in [-0.15, -0.1) is 11.3 Å². The average molecular weight is 322 g/mol. The highest BCUT2D eigenvalue weighted by Crippen LogP contribution is 2.26. The molecular formula is C19H18N2OS. The van der Waals surface area contributed by atoms with Crippen LogP contribution in [-0.4, -0.2) is 15.8 Å². The Kier molecular flexibility index (Phi) is 4.63. The number of benzene rings is 1. The van der Waals surface area contributed by atoms with Crippen LogP contribution in [0.3, 0.4) is 0 Å². The van der Waals surface area contributed by atoms with Crippen molar-refractivity contribution in [2.45, 2.75) is 26.7 Å². The van der Waals surface area contributed by atoms with Crippen LogP contribution in [0.25, 0.3) is 0 Å². The number of hydrogen-bond acceptors (Lipinski definition) is 4. The van der Waals surface area contributed by atoms with Gasteiger partial charge >= 0.3 is 0 Å². The smallest absolute Gasteiger partial charge is 0.206 e. The van der Waals surface area contributed by atoms with Gasteiger partial charge in [0, 0.05) is 17.3 Å². The van der Waals surface area contributed by atoms with E-state index >= 15 is 0 Å². The Hall–Kier alpha value is -2.33. The Labute approximate surface area is 140 Å². The lowest BCUT2D eigenvalue weighted by molar-refractivity contribution is 0.104. The Morgan fingerprint density at radius 2 is 1.87 bits per heavy atom. The number of aryl methyl sites for hydroxylation is 2. The number of carbonyl (C=O) groups excluding carboxylic acids is 1. The molecule has 3 rings (SSSR count). The van der Waals surface area contributed by atoms with Crippen LogP contribution in [0.15, 0.2) is 49.1 Å². The first-order valence-corrected chi connectivity index (χ1v) is 8.46. The van der Waals surface area contributed by atoms with Crippen molar-refractivity contribution >= 4 is 17.1 Å². The molecule has 0 aliphatic rings. The number of ketones is 1. The van der Waals surface area contributed by atoms with Gasteiger partial charge in [0.2, 0.25) is 5.78 Å². The van der Waals surface area contributed by atoms with Crippen molar-refractivity contribution in [3.63, 3.8) is 0 Å². The quantitative estimate of drug-likeness (QED) is 0.660. The van der Waals surface area contributed by atoms with E-state index in [1.165, 1.54) is 27.9 Å². The zero-order chi connectivity index (χ0) is 16.2. The predicted molar refractivity (Wildman–Crippen MR) is 93.1 cm³/mol. The van der Waals surface area contributed by atoms with Crippen molar-refractivity contribution in [2.24, 2.45) is 0 Å². The van der Waals surface area contributed by atoms with E-state index in [0.29, 0.717) is 5.56 Å². The SMILES string of the molecule is CCc1cccc(Cc2cc(C(=O)c3cncnc3)sc2C)c1. The number of thiophene rings is 1. The first-order valence-electron chi connectivity index (χ1n) is 7.64. The molecule has 0 aliphatic carbocycles. The van der Waals surface area contributed by atoms with Crippen molar-refractivity contribution in [2.75, 3.05) is 0 Å². The van der Waals surface area contributed by atoms with Gasteiger partial charge in [-0.05, 0) is 42.5 Å². The summed E-state index contributed by atoms with van der Waals surface area (Å²) in [4.78, 5) is 22.3. The van der Waals surface area contributed by atoms with E-state index in [1.54, 1.807) is 23.7 Å². The summed E-state index contributed by atoms with van der Waals surface area (Å²) >= 11 is 1.54. The maximum atomic E-state index is 12.5. The van der Waals surface area contributed by atoms with Crippen LogP contribution in [0, 0.1) is 6.92 Å². The van der Waals surface area contributed by atoms with Gasteiger partial charge in [0.25, 0.3) is 0 Å². The minimum Gasteiger partial charge on any atom is -0.288 e. The van der Waals surface area contributed by atoms with Crippen LogP contribution in [0.4, 0.5) is 0 Å². The van der Waals surface area contributed by atoms with Gasteiger partial charge in [-0.1, -0.05) is 31.2 Å². The Morgan fingerprint density at radius 3 is 2.61 bits per heavy atom. The van der Waals surface area contributed by atoms with E-state index in [1.807, 2.05) is 6.07 Å². The lowest BCUT2D eigenvalue weighted by Gasteiger charge is -2.03. The van der Waals surface area contributed by atoms with Gasteiger partial charge in [0.1, 0.15) is 6.33 Å². The van der Waals surface area contributed by atoms with E-state index in [-0.39, 0.29) is 5.78 Å². The van der Waals surface area contributed by atoms with Crippen LogP contribution < -0.4 is 0 Å². The molecule has 0 unspecified atom stereocenters. The molecule has 0 radical (unpaired) electrons. The average Bonchev–Trinajstić information content (AvgIpc) is 2.96. The summed E-state index contributed by atoms with van der Waals surface area (Å²) in [5, 5.41) is 0. The minimum absolute atomic E-state index is 0.00717. The maximum Gasteiger partial charge on any atom is 0.206 e. The van der Waals surface area contributed by atoms with E-state index in [0.717, 1.165) is 17.7 Å². The standard InChI is InChI=1S/C19H18N2OS/c1-3-14-5-4-6-15(7-14)8-16-9-18(23-13(16)2)19(22)17-10-20-12-21-11-17/h4-7,9-12H,3,8H2,1-2H3. The summed E-state index contributed by atoms with van der Waals surface area (Å²) in [6, 6.07) is 10.6. The molecule has 0 saturated carbocycles. The molecule has 2 heterocycles. The maximum absolute atomic E-state index is 12.5. The zero-order valence-electron chi connectivity index (χ0n) is 13.2. The second-order valence-corrected chi connectivity index (χ2v) is 6.75. The Bertz CT molecular complexity index is 824. The fourth-order valence-corrected chi connectivity index (χ4v) is 3.55. The first-order chi connectivity index (χ1) is 11.2. The third-order valence-corrected chi connectivity index (χ3v) is 4.95. The zero-order valence-corrected chi connectivity index (χ0v) is 14.1. The van der Waals surface area contributed by atoms with Crippen molar-refractivity contribution in [1.29, 1.82) is 0 Å². The lowest BCUT2D eigenvalue weighted by atomic mass is 10.0. The molecule has 4 heteroatoms. The molecular weight excluding hydrogens is 304 g/mol. The Morgan fingerprint density at radius 1 is 1.13 bits per heavy atom. The molecule has 0 bridgehead atoms.